The van der Waals surface area contributed by atoms with E-state index in [-0.39, 0.29) is 24.2 Å². The Balaban J connectivity index is 1.86. The van der Waals surface area contributed by atoms with E-state index in [2.05, 4.69) is 20.7 Å². The van der Waals surface area contributed by atoms with Gasteiger partial charge in [0.05, 0.1) is 6.54 Å². The van der Waals surface area contributed by atoms with Gasteiger partial charge < -0.3 is 20.7 Å². The van der Waals surface area contributed by atoms with Crippen molar-refractivity contribution in [3.8, 4) is 5.75 Å². The maximum Gasteiger partial charge on any atom is 0.387 e. The molecule has 0 aliphatic heterocycles. The number of amides is 3. The van der Waals surface area contributed by atoms with E-state index in [1.807, 2.05) is 0 Å². The van der Waals surface area contributed by atoms with Gasteiger partial charge in [0.25, 0.3) is 0 Å². The Labute approximate surface area is 126 Å². The Morgan fingerprint density at radius 3 is 2.73 bits per heavy atom. The molecule has 0 spiro atoms. The Morgan fingerprint density at radius 1 is 1.36 bits per heavy atom. The van der Waals surface area contributed by atoms with Gasteiger partial charge in [0.1, 0.15) is 5.75 Å². The molecule has 0 bridgehead atoms. The van der Waals surface area contributed by atoms with Crippen LogP contribution in [0.1, 0.15) is 18.4 Å². The third-order valence-electron chi connectivity index (χ3n) is 3.10. The molecule has 6 nitrogen and oxygen atoms in total. The highest BCUT2D eigenvalue weighted by Gasteiger charge is 2.23. The second kappa shape index (κ2) is 7.06. The molecule has 120 valence electrons. The van der Waals surface area contributed by atoms with Crippen LogP contribution in [0.15, 0.2) is 18.2 Å². The first kappa shape index (κ1) is 16.0. The molecule has 1 aromatic rings. The van der Waals surface area contributed by atoms with Crippen molar-refractivity contribution in [2.24, 2.45) is 0 Å². The standard InChI is InChI=1S/C14H17F2N3O3/c1-8-10(3-2-4-11(8)22-13(15)16)19-14(21)17-7-12(20)18-9-5-6-9/h2-4,9,13H,5-7H2,1H3,(H,18,20)(H2,17,19,21). The molecule has 3 amide bonds. The van der Waals surface area contributed by atoms with Crippen molar-refractivity contribution >= 4 is 17.6 Å². The molecular formula is C14H17F2N3O3. The minimum Gasteiger partial charge on any atom is -0.434 e. The van der Waals surface area contributed by atoms with Crippen molar-refractivity contribution in [1.29, 1.82) is 0 Å². The second-order valence-corrected chi connectivity index (χ2v) is 4.96. The van der Waals surface area contributed by atoms with Gasteiger partial charge in [0.15, 0.2) is 0 Å². The number of hydrogen-bond acceptors (Lipinski definition) is 3. The van der Waals surface area contributed by atoms with Crippen molar-refractivity contribution in [2.75, 3.05) is 11.9 Å². The van der Waals surface area contributed by atoms with Crippen LogP contribution in [0, 0.1) is 6.92 Å². The van der Waals surface area contributed by atoms with Crippen LogP contribution >= 0.6 is 0 Å². The van der Waals surface area contributed by atoms with Crippen LogP contribution in [0.2, 0.25) is 0 Å². The second-order valence-electron chi connectivity index (χ2n) is 4.96. The van der Waals surface area contributed by atoms with Gasteiger partial charge in [-0.15, -0.1) is 0 Å². The summed E-state index contributed by atoms with van der Waals surface area (Å²) in [7, 11) is 0. The minimum absolute atomic E-state index is 0.0146. The van der Waals surface area contributed by atoms with Crippen LogP contribution in [-0.2, 0) is 4.79 Å². The molecule has 0 atom stereocenters. The third kappa shape index (κ3) is 4.87. The van der Waals surface area contributed by atoms with Crippen LogP contribution in [0.3, 0.4) is 0 Å². The summed E-state index contributed by atoms with van der Waals surface area (Å²) >= 11 is 0. The molecule has 0 saturated heterocycles. The largest absolute Gasteiger partial charge is 0.434 e. The summed E-state index contributed by atoms with van der Waals surface area (Å²) in [4.78, 5) is 23.1. The predicted molar refractivity (Wildman–Crippen MR) is 76.0 cm³/mol. The Kier molecular flexibility index (Phi) is 5.13. The van der Waals surface area contributed by atoms with E-state index in [0.717, 1.165) is 12.8 Å². The first-order valence-corrected chi connectivity index (χ1v) is 6.84. The number of nitrogens with one attached hydrogen (secondary N) is 3. The van der Waals surface area contributed by atoms with Crippen LogP contribution in [-0.4, -0.2) is 31.1 Å². The average Bonchev–Trinajstić information content (AvgIpc) is 3.24. The molecule has 8 heteroatoms. The van der Waals surface area contributed by atoms with E-state index in [9.17, 15) is 18.4 Å². The first-order chi connectivity index (χ1) is 10.5. The molecule has 0 heterocycles. The number of alkyl halides is 2. The van der Waals surface area contributed by atoms with Crippen LogP contribution in [0.5, 0.6) is 5.75 Å². The quantitative estimate of drug-likeness (QED) is 0.751. The maximum atomic E-state index is 12.2. The molecule has 1 fully saturated rings. The normalized spacial score (nSPS) is 13.6. The lowest BCUT2D eigenvalue weighted by molar-refractivity contribution is -0.120. The Morgan fingerprint density at radius 2 is 2.09 bits per heavy atom. The summed E-state index contributed by atoms with van der Waals surface area (Å²) in [6.45, 7) is -1.53. The van der Waals surface area contributed by atoms with E-state index < -0.39 is 12.6 Å². The van der Waals surface area contributed by atoms with Crippen molar-refractivity contribution in [1.82, 2.24) is 10.6 Å². The molecule has 0 aromatic heterocycles. The zero-order chi connectivity index (χ0) is 16.1. The van der Waals surface area contributed by atoms with E-state index in [1.54, 1.807) is 13.0 Å². The van der Waals surface area contributed by atoms with Gasteiger partial charge in [0, 0.05) is 17.3 Å². The molecule has 22 heavy (non-hydrogen) atoms. The van der Waals surface area contributed by atoms with Crippen molar-refractivity contribution in [3.63, 3.8) is 0 Å². The molecule has 3 N–H and O–H groups in total. The van der Waals surface area contributed by atoms with E-state index in [4.69, 9.17) is 0 Å². The predicted octanol–water partition coefficient (Wildman–Crippen LogP) is 2.00. The number of carbonyl (C=O) groups is 2. The fourth-order valence-corrected chi connectivity index (χ4v) is 1.81. The van der Waals surface area contributed by atoms with Crippen LogP contribution in [0.25, 0.3) is 0 Å². The minimum atomic E-state index is -2.94. The number of carbonyl (C=O) groups excluding carboxylic acids is 2. The van der Waals surface area contributed by atoms with Gasteiger partial charge in [-0.1, -0.05) is 6.07 Å². The maximum absolute atomic E-state index is 12.2. The third-order valence-corrected chi connectivity index (χ3v) is 3.10. The van der Waals surface area contributed by atoms with E-state index >= 15 is 0 Å². The SMILES string of the molecule is Cc1c(NC(=O)NCC(=O)NC2CC2)cccc1OC(F)F. The van der Waals surface area contributed by atoms with E-state index in [0.29, 0.717) is 11.3 Å². The molecule has 1 aromatic carbocycles. The highest BCUT2D eigenvalue weighted by molar-refractivity contribution is 5.93. The summed E-state index contributed by atoms with van der Waals surface area (Å²) in [6, 6.07) is 4.05. The van der Waals surface area contributed by atoms with Gasteiger partial charge in [-0.3, -0.25) is 4.79 Å². The van der Waals surface area contributed by atoms with Gasteiger partial charge in [-0.05, 0) is 31.9 Å². The van der Waals surface area contributed by atoms with Crippen molar-refractivity contribution in [2.45, 2.75) is 32.4 Å². The number of anilines is 1. The zero-order valence-electron chi connectivity index (χ0n) is 12.0. The van der Waals surface area contributed by atoms with Gasteiger partial charge in [0.2, 0.25) is 5.91 Å². The number of halogens is 2. The zero-order valence-corrected chi connectivity index (χ0v) is 12.0. The lowest BCUT2D eigenvalue weighted by atomic mass is 10.2. The number of hydrogen-bond donors (Lipinski definition) is 3. The lowest BCUT2D eigenvalue weighted by Gasteiger charge is -2.13. The van der Waals surface area contributed by atoms with Crippen molar-refractivity contribution < 1.29 is 23.1 Å². The van der Waals surface area contributed by atoms with Gasteiger partial charge in [-0.25, -0.2) is 4.79 Å². The Hall–Kier alpha value is -2.38. The highest BCUT2D eigenvalue weighted by atomic mass is 19.3. The molecule has 1 aliphatic rings. The highest BCUT2D eigenvalue weighted by Crippen LogP contribution is 2.26. The first-order valence-electron chi connectivity index (χ1n) is 6.84. The molecule has 2 rings (SSSR count). The molecule has 0 unspecified atom stereocenters. The van der Waals surface area contributed by atoms with Crippen LogP contribution < -0.4 is 20.7 Å². The van der Waals surface area contributed by atoms with E-state index in [1.165, 1.54) is 12.1 Å². The van der Waals surface area contributed by atoms with Gasteiger partial charge in [-0.2, -0.15) is 8.78 Å². The molecule has 1 aliphatic carbocycles. The fourth-order valence-electron chi connectivity index (χ4n) is 1.81. The fraction of sp³-hybridized carbons (Fsp3) is 0.429. The summed E-state index contributed by atoms with van der Waals surface area (Å²) in [5, 5.41) is 7.62. The molecule has 0 radical (unpaired) electrons. The average molecular weight is 313 g/mol. The number of ether oxygens (including phenoxy) is 1. The number of urea groups is 1. The lowest BCUT2D eigenvalue weighted by Crippen LogP contribution is -2.39. The smallest absolute Gasteiger partial charge is 0.387 e. The molecular weight excluding hydrogens is 296 g/mol. The molecule has 1 saturated carbocycles. The summed E-state index contributed by atoms with van der Waals surface area (Å²) in [5.41, 5.74) is 0.707. The van der Waals surface area contributed by atoms with Crippen LogP contribution in [0.4, 0.5) is 19.3 Å². The topological polar surface area (TPSA) is 79.5 Å². The van der Waals surface area contributed by atoms with Crippen molar-refractivity contribution in [3.05, 3.63) is 23.8 Å². The number of rotatable bonds is 6. The summed E-state index contributed by atoms with van der Waals surface area (Å²) < 4.78 is 28.8. The van der Waals surface area contributed by atoms with Gasteiger partial charge >= 0.3 is 12.6 Å². The number of benzene rings is 1. The monoisotopic (exact) mass is 313 g/mol. The summed E-state index contributed by atoms with van der Waals surface area (Å²) in [5.74, 6) is -0.275. The summed E-state index contributed by atoms with van der Waals surface area (Å²) in [6.07, 6.45) is 1.93. The Bertz CT molecular complexity index is 562.